The Morgan fingerprint density at radius 2 is 1.84 bits per heavy atom. The number of aliphatic hydroxyl groups excluding tert-OH is 1. The fraction of sp³-hybridized carbons (Fsp3) is 0.265. The van der Waals surface area contributed by atoms with Gasteiger partial charge in [0.05, 0.1) is 18.2 Å². The van der Waals surface area contributed by atoms with Gasteiger partial charge in [-0.1, -0.05) is 17.6 Å². The van der Waals surface area contributed by atoms with E-state index in [-0.39, 0.29) is 68.2 Å². The lowest BCUT2D eigenvalue weighted by Gasteiger charge is -2.33. The molecule has 1 amide bonds. The first-order valence-corrected chi connectivity index (χ1v) is 15.3. The van der Waals surface area contributed by atoms with E-state index in [4.69, 9.17) is 4.74 Å². The number of aliphatic hydroxyl groups is 1. The first kappa shape index (κ1) is 33.2. The van der Waals surface area contributed by atoms with Crippen LogP contribution in [0.25, 0.3) is 12.2 Å². The van der Waals surface area contributed by atoms with E-state index in [9.17, 15) is 43.8 Å². The van der Waals surface area contributed by atoms with E-state index < -0.39 is 40.3 Å². The average molecular weight is 676 g/mol. The number of hydrogen-bond donors (Lipinski definition) is 4. The monoisotopic (exact) mass is 675 g/mol. The van der Waals surface area contributed by atoms with Crippen molar-refractivity contribution < 1.29 is 43.3 Å². The number of aromatic hydroxyl groups is 1. The minimum atomic E-state index is -1.38. The topological polar surface area (TPSA) is 180 Å². The Morgan fingerprint density at radius 3 is 2.55 bits per heavy atom. The Balaban J connectivity index is 1.15. The molecule has 4 N–H and O–H groups in total. The summed E-state index contributed by atoms with van der Waals surface area (Å²) in [5.74, 6) is -4.33. The number of aromatic carboxylic acids is 1. The molecule has 0 aliphatic carbocycles. The number of amides is 1. The molecular weight excluding hydrogens is 644 g/mol. The maximum atomic E-state index is 14.7. The number of phenolic OH excluding ortho intramolecular Hbond substituents is 1. The molecule has 1 fully saturated rings. The van der Waals surface area contributed by atoms with Gasteiger partial charge in [0.25, 0.3) is 5.91 Å². The van der Waals surface area contributed by atoms with Crippen molar-refractivity contribution in [2.24, 2.45) is 5.92 Å². The second-order valence-electron chi connectivity index (χ2n) is 12.0. The first-order valence-electron chi connectivity index (χ1n) is 15.3. The highest BCUT2D eigenvalue weighted by Crippen LogP contribution is 2.40. The SMILES string of the molecule is C=c1cc2c(cc1F)=C(c1ccc(C(=O)NCC3CCN(CC(O)Cn4ccnc4[N+](=O)[O-])CC3)cc1C(=O)O)c1cc(F)c(O)cc1O2. The van der Waals surface area contributed by atoms with Gasteiger partial charge >= 0.3 is 11.9 Å². The first-order chi connectivity index (χ1) is 23.4. The number of nitrogens with zero attached hydrogens (tertiary/aromatic N) is 4. The second kappa shape index (κ2) is 13.4. The summed E-state index contributed by atoms with van der Waals surface area (Å²) in [6.45, 7) is 5.58. The van der Waals surface area contributed by atoms with Crippen LogP contribution in [0.2, 0.25) is 0 Å². The lowest BCUT2D eigenvalue weighted by Crippen LogP contribution is -2.42. The fourth-order valence-corrected chi connectivity index (χ4v) is 6.24. The van der Waals surface area contributed by atoms with E-state index in [1.54, 1.807) is 0 Å². The van der Waals surface area contributed by atoms with Gasteiger partial charge in [-0.25, -0.2) is 18.1 Å². The third-order valence-corrected chi connectivity index (χ3v) is 8.73. The van der Waals surface area contributed by atoms with Gasteiger partial charge in [0.15, 0.2) is 11.6 Å². The number of piperidine rings is 1. The molecule has 1 saturated heterocycles. The second-order valence-corrected chi connectivity index (χ2v) is 12.0. The number of nitro groups is 1. The van der Waals surface area contributed by atoms with Crippen LogP contribution in [0, 0.1) is 27.7 Å². The van der Waals surface area contributed by atoms with Crippen molar-refractivity contribution in [3.63, 3.8) is 0 Å². The zero-order valence-corrected chi connectivity index (χ0v) is 25.9. The summed E-state index contributed by atoms with van der Waals surface area (Å²) in [5, 5.41) is 44.7. The predicted octanol–water partition coefficient (Wildman–Crippen LogP) is 2.74. The van der Waals surface area contributed by atoms with Crippen molar-refractivity contribution in [1.82, 2.24) is 19.8 Å². The number of fused-ring (bicyclic) bond motifs is 2. The Hall–Kier alpha value is -5.67. The number of nitrogens with one attached hydrogen (secondary N) is 1. The lowest BCUT2D eigenvalue weighted by molar-refractivity contribution is -0.397. The Bertz CT molecular complexity index is 2090. The number of benzene rings is 3. The summed E-state index contributed by atoms with van der Waals surface area (Å²) in [7, 11) is 0. The van der Waals surface area contributed by atoms with E-state index >= 15 is 0 Å². The summed E-state index contributed by atoms with van der Waals surface area (Å²) in [6.07, 6.45) is 3.34. The van der Waals surface area contributed by atoms with Crippen molar-refractivity contribution in [1.29, 1.82) is 0 Å². The Morgan fingerprint density at radius 1 is 1.08 bits per heavy atom. The molecule has 1 unspecified atom stereocenters. The third-order valence-electron chi connectivity index (χ3n) is 8.73. The number of halogens is 2. The summed E-state index contributed by atoms with van der Waals surface area (Å²) >= 11 is 0. The Labute approximate surface area is 277 Å². The maximum Gasteiger partial charge on any atom is 0.434 e. The maximum absolute atomic E-state index is 14.7. The molecule has 6 rings (SSSR count). The quantitative estimate of drug-likeness (QED) is 0.127. The molecule has 0 saturated carbocycles. The van der Waals surface area contributed by atoms with E-state index in [0.717, 1.165) is 18.2 Å². The molecule has 49 heavy (non-hydrogen) atoms. The summed E-state index contributed by atoms with van der Waals surface area (Å²) in [5.41, 5.74) is 0.0778. The number of imidazole rings is 1. The molecule has 3 heterocycles. The van der Waals surface area contributed by atoms with E-state index in [1.165, 1.54) is 41.2 Å². The summed E-state index contributed by atoms with van der Waals surface area (Å²) in [6, 6.07) is 8.48. The fourth-order valence-electron chi connectivity index (χ4n) is 6.24. The zero-order valence-electron chi connectivity index (χ0n) is 25.9. The summed E-state index contributed by atoms with van der Waals surface area (Å²) < 4.78 is 36.4. The van der Waals surface area contributed by atoms with Crippen molar-refractivity contribution >= 4 is 30.0 Å². The molecule has 13 nitrogen and oxygen atoms in total. The third kappa shape index (κ3) is 6.84. The molecular formula is C34H31F2N5O8. The molecule has 0 bridgehead atoms. The molecule has 0 spiro atoms. The number of rotatable bonds is 10. The highest BCUT2D eigenvalue weighted by molar-refractivity contribution is 6.02. The number of phenols is 1. The number of carboxylic acid groups (broad SMARTS) is 1. The Kier molecular flexibility index (Phi) is 9.12. The van der Waals surface area contributed by atoms with Crippen molar-refractivity contribution in [3.8, 4) is 17.2 Å². The van der Waals surface area contributed by atoms with E-state index in [0.29, 0.717) is 39.0 Å². The minimum Gasteiger partial charge on any atom is -0.505 e. The zero-order chi connectivity index (χ0) is 35.0. The van der Waals surface area contributed by atoms with Crippen LogP contribution in [0.15, 0.2) is 54.9 Å². The molecule has 2 aliphatic rings. The van der Waals surface area contributed by atoms with E-state index in [1.807, 2.05) is 4.90 Å². The molecule has 15 heteroatoms. The van der Waals surface area contributed by atoms with Gasteiger partial charge in [0.2, 0.25) is 0 Å². The molecule has 0 radical (unpaired) electrons. The predicted molar refractivity (Wildman–Crippen MR) is 171 cm³/mol. The highest BCUT2D eigenvalue weighted by Gasteiger charge is 2.28. The number of carbonyl (C=O) groups excluding carboxylic acids is 1. The van der Waals surface area contributed by atoms with Gasteiger partial charge < -0.3 is 40.4 Å². The highest BCUT2D eigenvalue weighted by atomic mass is 19.1. The van der Waals surface area contributed by atoms with Gasteiger partial charge in [-0.3, -0.25) is 4.79 Å². The van der Waals surface area contributed by atoms with Crippen LogP contribution in [0.3, 0.4) is 0 Å². The minimum absolute atomic E-state index is 0.0144. The van der Waals surface area contributed by atoms with E-state index in [2.05, 4.69) is 16.9 Å². The number of aromatic nitrogens is 2. The lowest BCUT2D eigenvalue weighted by atomic mass is 9.88. The standard InChI is InChI=1S/C34H31F2N5O8/c1-18-10-29-24(12-26(18)35)31(25-13-27(36)28(43)14-30(25)49-29)22-3-2-20(11-23(22)33(45)46)32(44)38-15-19-4-7-39(8-5-19)16-21(42)17-40-9-6-37-34(40)41(47)48/h2-3,6,9-14,19,21,42-43H,1,4-5,7-8,15-17H2,(H,38,44)(H,45,46). The molecule has 4 aromatic rings. The molecule has 1 aromatic heterocycles. The van der Waals surface area contributed by atoms with Crippen molar-refractivity contribution in [2.75, 3.05) is 26.2 Å². The van der Waals surface area contributed by atoms with Crippen LogP contribution in [0.1, 0.15) is 44.7 Å². The molecule has 254 valence electrons. The number of likely N-dealkylation sites (tertiary alicyclic amines) is 1. The number of carbonyl (C=O) groups is 2. The number of carboxylic acids is 1. The van der Waals surface area contributed by atoms with Crippen LogP contribution in [0.5, 0.6) is 17.2 Å². The number of hydrogen-bond acceptors (Lipinski definition) is 9. The van der Waals surface area contributed by atoms with Gasteiger partial charge in [0.1, 0.15) is 29.7 Å². The van der Waals surface area contributed by atoms with Gasteiger partial charge in [-0.2, -0.15) is 0 Å². The van der Waals surface area contributed by atoms with Gasteiger partial charge in [0, 0.05) is 46.3 Å². The largest absolute Gasteiger partial charge is 0.505 e. The van der Waals surface area contributed by atoms with Gasteiger partial charge in [-0.05, 0) is 72.7 Å². The number of ether oxygens (including phenoxy) is 1. The van der Waals surface area contributed by atoms with Crippen LogP contribution in [0.4, 0.5) is 14.7 Å². The average Bonchev–Trinajstić information content (AvgIpc) is 3.53. The number of β-amino-alcohol motifs (C(OH)–C–C–N with tert-alkyl or cyclic N) is 1. The van der Waals surface area contributed by atoms with Crippen molar-refractivity contribution in [3.05, 3.63) is 109 Å². The molecule has 3 aromatic carbocycles. The van der Waals surface area contributed by atoms with Crippen LogP contribution in [-0.2, 0) is 6.54 Å². The smallest absolute Gasteiger partial charge is 0.434 e. The summed E-state index contributed by atoms with van der Waals surface area (Å²) in [4.78, 5) is 41.9. The normalized spacial score (nSPS) is 15.2. The van der Waals surface area contributed by atoms with Crippen LogP contribution < -0.4 is 20.5 Å². The van der Waals surface area contributed by atoms with Crippen LogP contribution >= 0.6 is 0 Å². The molecule has 2 aliphatic heterocycles. The van der Waals surface area contributed by atoms with Gasteiger partial charge in [-0.15, -0.1) is 0 Å². The van der Waals surface area contributed by atoms with Crippen LogP contribution in [-0.4, -0.2) is 78.9 Å². The molecule has 1 atom stereocenters. The van der Waals surface area contributed by atoms with Crippen molar-refractivity contribution in [2.45, 2.75) is 25.5 Å².